The number of nitro groups is 1. The lowest BCUT2D eigenvalue weighted by Crippen LogP contribution is -2.30. The number of nitrogens with zero attached hydrogens (tertiary/aromatic N) is 1. The van der Waals surface area contributed by atoms with Crippen molar-refractivity contribution in [2.45, 2.75) is 25.3 Å². The van der Waals surface area contributed by atoms with Gasteiger partial charge in [0.05, 0.1) is 6.07 Å². The largest absolute Gasteiger partial charge is 0.433 e. The number of nitrogens with one attached hydrogen (secondary N) is 2. The first-order valence-electron chi connectivity index (χ1n) is 5.92. The molecule has 2 N–H and O–H groups in total. The Morgan fingerprint density at radius 1 is 1.61 bits per heavy atom. The Kier molecular flexibility index (Phi) is 3.93. The molecule has 0 unspecified atom stereocenters. The van der Waals surface area contributed by atoms with Crippen molar-refractivity contribution in [3.63, 3.8) is 0 Å². The molecule has 1 aromatic rings. The lowest BCUT2D eigenvalue weighted by Gasteiger charge is -2.09. The molecular weight excluding hydrogens is 238 g/mol. The van der Waals surface area contributed by atoms with Crippen molar-refractivity contribution >= 4 is 11.8 Å². The predicted molar refractivity (Wildman–Crippen MR) is 63.3 cm³/mol. The minimum absolute atomic E-state index is 0.0268. The van der Waals surface area contributed by atoms with Crippen molar-refractivity contribution < 1.29 is 14.1 Å². The lowest BCUT2D eigenvalue weighted by atomic mass is 10.1. The summed E-state index contributed by atoms with van der Waals surface area (Å²) in [5.74, 6) is -0.861. The number of furan rings is 1. The van der Waals surface area contributed by atoms with E-state index >= 15 is 0 Å². The summed E-state index contributed by atoms with van der Waals surface area (Å²) in [4.78, 5) is 21.3. The third-order valence-electron chi connectivity index (χ3n) is 2.94. The molecular formula is C11H15N3O4. The quantitative estimate of drug-likeness (QED) is 0.604. The smallest absolute Gasteiger partial charge is 0.395 e. The van der Waals surface area contributed by atoms with Gasteiger partial charge in [0.1, 0.15) is 4.92 Å². The fourth-order valence-electron chi connectivity index (χ4n) is 2.00. The van der Waals surface area contributed by atoms with Crippen LogP contribution in [0.25, 0.3) is 0 Å². The molecule has 2 rings (SSSR count). The average Bonchev–Trinajstić information content (AvgIpc) is 2.99. The molecule has 1 aromatic heterocycles. The molecule has 2 heterocycles. The van der Waals surface area contributed by atoms with E-state index in [1.165, 1.54) is 18.6 Å². The molecule has 7 heteroatoms. The van der Waals surface area contributed by atoms with E-state index in [0.29, 0.717) is 12.6 Å². The van der Waals surface area contributed by atoms with E-state index < -0.39 is 16.7 Å². The Balaban J connectivity index is 1.77. The van der Waals surface area contributed by atoms with Gasteiger partial charge in [-0.25, -0.2) is 0 Å². The molecule has 1 aliphatic rings. The summed E-state index contributed by atoms with van der Waals surface area (Å²) in [6, 6.07) is 2.94. The van der Waals surface area contributed by atoms with Gasteiger partial charge in [0.25, 0.3) is 5.91 Å². The highest BCUT2D eigenvalue weighted by Crippen LogP contribution is 2.15. The van der Waals surface area contributed by atoms with Crippen molar-refractivity contribution in [3.05, 3.63) is 28.0 Å². The molecule has 1 saturated heterocycles. The Morgan fingerprint density at radius 3 is 3.06 bits per heavy atom. The van der Waals surface area contributed by atoms with Crippen LogP contribution in [0.1, 0.15) is 29.8 Å². The summed E-state index contributed by atoms with van der Waals surface area (Å²) >= 11 is 0. The van der Waals surface area contributed by atoms with Crippen LogP contribution in [0.2, 0.25) is 0 Å². The molecule has 0 saturated carbocycles. The van der Waals surface area contributed by atoms with E-state index in [9.17, 15) is 14.9 Å². The van der Waals surface area contributed by atoms with Crippen LogP contribution in [0.15, 0.2) is 16.5 Å². The van der Waals surface area contributed by atoms with Crippen molar-refractivity contribution in [2.75, 3.05) is 13.1 Å². The fourth-order valence-corrected chi connectivity index (χ4v) is 2.00. The molecule has 0 spiro atoms. The molecule has 1 fully saturated rings. The Hall–Kier alpha value is -1.89. The molecule has 18 heavy (non-hydrogen) atoms. The lowest BCUT2D eigenvalue weighted by molar-refractivity contribution is -0.402. The summed E-state index contributed by atoms with van der Waals surface area (Å²) in [5.41, 5.74) is 0. The summed E-state index contributed by atoms with van der Waals surface area (Å²) in [7, 11) is 0. The molecule has 1 atom stereocenters. The first-order chi connectivity index (χ1) is 8.66. The van der Waals surface area contributed by atoms with E-state index in [4.69, 9.17) is 4.42 Å². The molecule has 0 aromatic carbocycles. The van der Waals surface area contributed by atoms with Crippen LogP contribution in [0.4, 0.5) is 5.88 Å². The van der Waals surface area contributed by atoms with Crippen molar-refractivity contribution in [3.8, 4) is 0 Å². The van der Waals surface area contributed by atoms with Gasteiger partial charge in [-0.3, -0.25) is 14.9 Å². The Morgan fingerprint density at radius 2 is 2.44 bits per heavy atom. The van der Waals surface area contributed by atoms with Gasteiger partial charge in [0.2, 0.25) is 0 Å². The zero-order valence-corrected chi connectivity index (χ0v) is 9.85. The van der Waals surface area contributed by atoms with Gasteiger partial charge in [0, 0.05) is 12.6 Å². The number of carbonyl (C=O) groups is 1. The maximum absolute atomic E-state index is 11.6. The first kappa shape index (κ1) is 12.6. The first-order valence-corrected chi connectivity index (χ1v) is 5.92. The maximum atomic E-state index is 11.6. The van der Waals surface area contributed by atoms with Gasteiger partial charge >= 0.3 is 5.88 Å². The summed E-state index contributed by atoms with van der Waals surface area (Å²) in [5, 5.41) is 16.4. The maximum Gasteiger partial charge on any atom is 0.433 e. The number of amides is 1. The molecule has 7 nitrogen and oxygen atoms in total. The second-order valence-electron chi connectivity index (χ2n) is 4.23. The van der Waals surface area contributed by atoms with Crippen molar-refractivity contribution in [1.82, 2.24) is 10.6 Å². The third kappa shape index (κ3) is 3.07. The fraction of sp³-hybridized carbons (Fsp3) is 0.545. The van der Waals surface area contributed by atoms with E-state index in [0.717, 1.165) is 19.4 Å². The van der Waals surface area contributed by atoms with Crippen LogP contribution in [-0.2, 0) is 0 Å². The number of carbonyl (C=O) groups excluding carboxylic acids is 1. The molecule has 1 aliphatic heterocycles. The van der Waals surface area contributed by atoms with E-state index in [-0.39, 0.29) is 5.76 Å². The number of rotatable bonds is 5. The van der Waals surface area contributed by atoms with Crippen LogP contribution in [0, 0.1) is 10.1 Å². The van der Waals surface area contributed by atoms with E-state index in [1.54, 1.807) is 0 Å². The van der Waals surface area contributed by atoms with E-state index in [1.807, 2.05) is 0 Å². The van der Waals surface area contributed by atoms with Crippen LogP contribution >= 0.6 is 0 Å². The normalized spacial score (nSPS) is 18.8. The van der Waals surface area contributed by atoms with Crippen molar-refractivity contribution in [2.24, 2.45) is 0 Å². The SMILES string of the molecule is O=C(NCC[C@@H]1CCCN1)c1ccc([N+](=O)[O-])o1. The van der Waals surface area contributed by atoms with Crippen LogP contribution in [0.5, 0.6) is 0 Å². The number of hydrogen-bond acceptors (Lipinski definition) is 5. The zero-order chi connectivity index (χ0) is 13.0. The highest BCUT2D eigenvalue weighted by atomic mass is 16.6. The highest BCUT2D eigenvalue weighted by Gasteiger charge is 2.18. The molecule has 0 radical (unpaired) electrons. The van der Waals surface area contributed by atoms with Gasteiger partial charge in [0.15, 0.2) is 5.76 Å². The van der Waals surface area contributed by atoms with Gasteiger partial charge in [-0.1, -0.05) is 0 Å². The second kappa shape index (κ2) is 5.63. The monoisotopic (exact) mass is 253 g/mol. The van der Waals surface area contributed by atoms with Crippen LogP contribution in [-0.4, -0.2) is 30.0 Å². The molecule has 1 amide bonds. The van der Waals surface area contributed by atoms with Gasteiger partial charge in [-0.15, -0.1) is 0 Å². The van der Waals surface area contributed by atoms with Crippen LogP contribution < -0.4 is 10.6 Å². The summed E-state index contributed by atoms with van der Waals surface area (Å²) in [6.07, 6.45) is 3.15. The average molecular weight is 253 g/mol. The van der Waals surface area contributed by atoms with E-state index in [2.05, 4.69) is 10.6 Å². The second-order valence-corrected chi connectivity index (χ2v) is 4.23. The number of hydrogen-bond donors (Lipinski definition) is 2. The van der Waals surface area contributed by atoms with Crippen molar-refractivity contribution in [1.29, 1.82) is 0 Å². The summed E-state index contributed by atoms with van der Waals surface area (Å²) < 4.78 is 4.80. The topological polar surface area (TPSA) is 97.4 Å². The Labute approximate surface area is 104 Å². The Bertz CT molecular complexity index is 437. The molecule has 0 bridgehead atoms. The minimum Gasteiger partial charge on any atom is -0.395 e. The highest BCUT2D eigenvalue weighted by molar-refractivity contribution is 5.91. The molecule has 0 aliphatic carbocycles. The van der Waals surface area contributed by atoms with Gasteiger partial charge in [-0.2, -0.15) is 0 Å². The third-order valence-corrected chi connectivity index (χ3v) is 2.94. The minimum atomic E-state index is -0.667. The van der Waals surface area contributed by atoms with Gasteiger partial charge in [-0.05, 0) is 31.9 Å². The molecule has 98 valence electrons. The summed E-state index contributed by atoms with van der Waals surface area (Å²) in [6.45, 7) is 1.56. The van der Waals surface area contributed by atoms with Crippen LogP contribution in [0.3, 0.4) is 0 Å². The van der Waals surface area contributed by atoms with Gasteiger partial charge < -0.3 is 15.1 Å². The standard InChI is InChI=1S/C11H15N3O4/c15-11(9-3-4-10(18-9)14(16)17)13-7-5-8-2-1-6-12-8/h3-4,8,12H,1-2,5-7H2,(H,13,15)/t8-/m0/s1. The zero-order valence-electron chi connectivity index (χ0n) is 9.85. The predicted octanol–water partition coefficient (Wildman–Crippen LogP) is 1.06.